The zero-order chi connectivity index (χ0) is 19.2. The Morgan fingerprint density at radius 3 is 2.50 bits per heavy atom. The lowest BCUT2D eigenvalue weighted by Crippen LogP contribution is -2.49. The zero-order valence-corrected chi connectivity index (χ0v) is 16.2. The Kier molecular flexibility index (Phi) is 7.20. The Labute approximate surface area is 155 Å². The maximum Gasteiger partial charge on any atom is 0.243 e. The molecule has 1 aliphatic carbocycles. The number of hydrogen-bond acceptors (Lipinski definition) is 3. The highest BCUT2D eigenvalue weighted by molar-refractivity contribution is 7.92. The van der Waals surface area contributed by atoms with Gasteiger partial charge in [-0.1, -0.05) is 18.6 Å². The van der Waals surface area contributed by atoms with Crippen molar-refractivity contribution in [2.45, 2.75) is 51.5 Å². The minimum Gasteiger partial charge on any atom is -0.354 e. The first-order chi connectivity index (χ1) is 12.3. The summed E-state index contributed by atoms with van der Waals surface area (Å²) in [6, 6.07) is 4.26. The summed E-state index contributed by atoms with van der Waals surface area (Å²) >= 11 is 0. The van der Waals surface area contributed by atoms with Crippen molar-refractivity contribution >= 4 is 21.6 Å². The molecule has 1 aromatic carbocycles. The van der Waals surface area contributed by atoms with Gasteiger partial charge in [-0.25, -0.2) is 12.8 Å². The second-order valence-corrected chi connectivity index (χ2v) is 8.47. The molecule has 0 heterocycles. The molecule has 1 aromatic rings. The van der Waals surface area contributed by atoms with Crippen LogP contribution >= 0.6 is 0 Å². The maximum atomic E-state index is 13.2. The van der Waals surface area contributed by atoms with Gasteiger partial charge in [0, 0.05) is 6.54 Å². The molecule has 0 unspecified atom stereocenters. The van der Waals surface area contributed by atoms with Crippen molar-refractivity contribution < 1.29 is 17.6 Å². The van der Waals surface area contributed by atoms with Crippen molar-refractivity contribution in [2.75, 3.05) is 17.1 Å². The third kappa shape index (κ3) is 5.56. The van der Waals surface area contributed by atoms with Crippen molar-refractivity contribution in [2.24, 2.45) is 0 Å². The fraction of sp³-hybridized carbons (Fsp3) is 0.526. The molecule has 0 saturated carbocycles. The molecule has 0 aliphatic heterocycles. The van der Waals surface area contributed by atoms with Gasteiger partial charge in [-0.05, 0) is 62.8 Å². The number of amides is 1. The van der Waals surface area contributed by atoms with E-state index in [0.29, 0.717) is 13.0 Å². The van der Waals surface area contributed by atoms with E-state index < -0.39 is 21.9 Å². The van der Waals surface area contributed by atoms with E-state index in [9.17, 15) is 17.6 Å². The van der Waals surface area contributed by atoms with E-state index in [-0.39, 0.29) is 11.6 Å². The second kappa shape index (κ2) is 9.16. The van der Waals surface area contributed by atoms with Crippen LogP contribution in [0.3, 0.4) is 0 Å². The topological polar surface area (TPSA) is 66.5 Å². The molecule has 0 radical (unpaired) electrons. The van der Waals surface area contributed by atoms with Gasteiger partial charge >= 0.3 is 0 Å². The van der Waals surface area contributed by atoms with Crippen LogP contribution in [0, 0.1) is 5.82 Å². The number of halogens is 1. The average Bonchev–Trinajstić information content (AvgIpc) is 2.60. The van der Waals surface area contributed by atoms with E-state index in [4.69, 9.17) is 0 Å². The van der Waals surface area contributed by atoms with E-state index in [2.05, 4.69) is 11.4 Å². The van der Waals surface area contributed by atoms with Crippen LogP contribution in [-0.2, 0) is 14.8 Å². The molecule has 1 aliphatic rings. The average molecular weight is 383 g/mol. The Balaban J connectivity index is 2.09. The first kappa shape index (κ1) is 20.4. The van der Waals surface area contributed by atoms with E-state index in [0.717, 1.165) is 29.8 Å². The molecular weight excluding hydrogens is 355 g/mol. The first-order valence-electron chi connectivity index (χ1n) is 9.03. The molecule has 1 amide bonds. The quantitative estimate of drug-likeness (QED) is 0.701. The summed E-state index contributed by atoms with van der Waals surface area (Å²) in [4.78, 5) is 12.6. The minimum absolute atomic E-state index is 0.283. The molecule has 0 saturated heterocycles. The number of benzene rings is 1. The predicted molar refractivity (Wildman–Crippen MR) is 102 cm³/mol. The first-order valence-corrected chi connectivity index (χ1v) is 10.9. The Hall–Kier alpha value is -1.89. The summed E-state index contributed by atoms with van der Waals surface area (Å²) in [6.07, 6.45) is 8.95. The van der Waals surface area contributed by atoms with Gasteiger partial charge in [0.25, 0.3) is 0 Å². The predicted octanol–water partition coefficient (Wildman–Crippen LogP) is 3.38. The number of sulfonamides is 1. The van der Waals surface area contributed by atoms with Crippen molar-refractivity contribution in [3.8, 4) is 0 Å². The highest BCUT2D eigenvalue weighted by atomic mass is 32.2. The van der Waals surface area contributed by atoms with Crippen LogP contribution in [0.2, 0.25) is 0 Å². The summed E-state index contributed by atoms with van der Waals surface area (Å²) < 4.78 is 38.8. The van der Waals surface area contributed by atoms with Gasteiger partial charge in [0.05, 0.1) is 11.9 Å². The van der Waals surface area contributed by atoms with Gasteiger partial charge in [0.1, 0.15) is 11.9 Å². The van der Waals surface area contributed by atoms with Crippen LogP contribution in [0.5, 0.6) is 0 Å². The second-order valence-electron chi connectivity index (χ2n) is 6.61. The summed E-state index contributed by atoms with van der Waals surface area (Å²) in [7, 11) is -3.69. The van der Waals surface area contributed by atoms with Crippen molar-refractivity contribution in [3.63, 3.8) is 0 Å². The van der Waals surface area contributed by atoms with E-state index in [1.165, 1.54) is 42.7 Å². The third-order valence-electron chi connectivity index (χ3n) is 4.54. The number of rotatable bonds is 8. The number of nitrogens with zero attached hydrogens (tertiary/aromatic N) is 1. The molecule has 1 N–H and O–H groups in total. The van der Waals surface area contributed by atoms with Gasteiger partial charge in [-0.3, -0.25) is 9.10 Å². The van der Waals surface area contributed by atoms with Crippen LogP contribution < -0.4 is 9.62 Å². The van der Waals surface area contributed by atoms with Crippen molar-refractivity contribution in [1.29, 1.82) is 0 Å². The van der Waals surface area contributed by atoms with E-state index in [1.807, 2.05) is 0 Å². The lowest BCUT2D eigenvalue weighted by atomic mass is 9.97. The molecule has 0 spiro atoms. The number of anilines is 1. The maximum absolute atomic E-state index is 13.2. The van der Waals surface area contributed by atoms with Crippen molar-refractivity contribution in [3.05, 3.63) is 41.7 Å². The van der Waals surface area contributed by atoms with Crippen LogP contribution in [0.4, 0.5) is 10.1 Å². The zero-order valence-electron chi connectivity index (χ0n) is 15.4. The molecule has 0 fully saturated rings. The monoisotopic (exact) mass is 382 g/mol. The Morgan fingerprint density at radius 2 is 1.96 bits per heavy atom. The molecule has 0 bridgehead atoms. The fourth-order valence-corrected chi connectivity index (χ4v) is 4.46. The van der Waals surface area contributed by atoms with E-state index in [1.54, 1.807) is 6.92 Å². The largest absolute Gasteiger partial charge is 0.354 e. The summed E-state index contributed by atoms with van der Waals surface area (Å²) in [5.41, 5.74) is 1.63. The summed E-state index contributed by atoms with van der Waals surface area (Å²) in [5, 5.41) is 2.85. The molecule has 26 heavy (non-hydrogen) atoms. The number of allylic oxidation sites excluding steroid dienone is 1. The fourth-order valence-electron chi connectivity index (χ4n) is 3.24. The van der Waals surface area contributed by atoms with Gasteiger partial charge in [0.2, 0.25) is 15.9 Å². The number of nitrogens with one attached hydrogen (secondary N) is 1. The normalized spacial score (nSPS) is 15.9. The minimum atomic E-state index is -3.69. The third-order valence-corrected chi connectivity index (χ3v) is 5.72. The molecule has 1 atom stereocenters. The standard InChI is InChI=1S/C19H27FN2O3S/c1-3-18(19(23)21-14-13-15-7-5-4-6-8-15)22(26(2,24)25)17-11-9-16(20)10-12-17/h7,9-12,18H,3-6,8,13-14H2,1-2H3,(H,21,23)/t18-/m0/s1. The van der Waals surface area contributed by atoms with Gasteiger partial charge in [-0.2, -0.15) is 0 Å². The molecule has 2 rings (SSSR count). The molecule has 5 nitrogen and oxygen atoms in total. The molecular formula is C19H27FN2O3S. The number of hydrogen-bond donors (Lipinski definition) is 1. The Morgan fingerprint density at radius 1 is 1.27 bits per heavy atom. The van der Waals surface area contributed by atoms with Crippen LogP contribution in [0.25, 0.3) is 0 Å². The summed E-state index contributed by atoms with van der Waals surface area (Å²) in [6.45, 7) is 2.25. The smallest absolute Gasteiger partial charge is 0.243 e. The molecule has 144 valence electrons. The molecule has 7 heteroatoms. The van der Waals surface area contributed by atoms with Gasteiger partial charge in [0.15, 0.2) is 0 Å². The highest BCUT2D eigenvalue weighted by Crippen LogP contribution is 2.23. The summed E-state index contributed by atoms with van der Waals surface area (Å²) in [5.74, 6) is -0.792. The Bertz CT molecular complexity index is 745. The van der Waals surface area contributed by atoms with Crippen LogP contribution in [0.15, 0.2) is 35.9 Å². The lowest BCUT2D eigenvalue weighted by Gasteiger charge is -2.30. The molecule has 0 aromatic heterocycles. The van der Waals surface area contributed by atoms with Crippen LogP contribution in [-0.4, -0.2) is 33.2 Å². The number of carbonyl (C=O) groups is 1. The van der Waals surface area contributed by atoms with Crippen molar-refractivity contribution in [1.82, 2.24) is 5.32 Å². The highest BCUT2D eigenvalue weighted by Gasteiger charge is 2.31. The van der Waals surface area contributed by atoms with E-state index >= 15 is 0 Å². The lowest BCUT2D eigenvalue weighted by molar-refractivity contribution is -0.122. The van der Waals surface area contributed by atoms with Gasteiger partial charge < -0.3 is 5.32 Å². The number of carbonyl (C=O) groups excluding carboxylic acids is 1. The van der Waals surface area contributed by atoms with Gasteiger partial charge in [-0.15, -0.1) is 0 Å². The van der Waals surface area contributed by atoms with Crippen LogP contribution in [0.1, 0.15) is 45.4 Å². The SMILES string of the molecule is CC[C@@H](C(=O)NCCC1=CCCCC1)N(c1ccc(F)cc1)S(C)(=O)=O.